The lowest BCUT2D eigenvalue weighted by Gasteiger charge is -2.37. The molecule has 0 aliphatic carbocycles. The number of para-hydroxylation sites is 2. The number of aryl methyl sites for hydroxylation is 1. The maximum absolute atomic E-state index is 13.6. The van der Waals surface area contributed by atoms with E-state index < -0.39 is 11.3 Å². The molecule has 44 heavy (non-hydrogen) atoms. The maximum Gasteiger partial charge on any atom is 0.271 e. The summed E-state index contributed by atoms with van der Waals surface area (Å²) in [7, 11) is 0. The van der Waals surface area contributed by atoms with Crippen molar-refractivity contribution in [2.45, 2.75) is 44.4 Å². The van der Waals surface area contributed by atoms with E-state index in [9.17, 15) is 14.4 Å². The Morgan fingerprint density at radius 2 is 1.61 bits per heavy atom. The average Bonchev–Trinajstić information content (AvgIpc) is 3.40. The highest BCUT2D eigenvalue weighted by Crippen LogP contribution is 2.37. The van der Waals surface area contributed by atoms with E-state index in [0.29, 0.717) is 36.2 Å². The minimum absolute atomic E-state index is 0.00825. The molecule has 2 unspecified atom stereocenters. The number of piperazine rings is 1. The van der Waals surface area contributed by atoms with Crippen LogP contribution in [0, 0.1) is 0 Å². The van der Waals surface area contributed by atoms with Gasteiger partial charge in [-0.15, -0.1) is 0 Å². The summed E-state index contributed by atoms with van der Waals surface area (Å²) in [5, 5.41) is 3.06. The topological polar surface area (TPSA) is 97.7 Å². The standard InChI is InChI=1S/C34H36N6O3S/c1-3-23-14-16-24(17-15-23)35-33(43)29(4-2)44-34-36-27-13-9-8-12-26(27)31-37-32(42)28(40(31)34)22-30(41)39-20-18-38(19-21-39)25-10-6-5-7-11-25/h5-17,28-29H,3-4,18-22H2,1-2H3,(H,35,43). The van der Waals surface area contributed by atoms with Gasteiger partial charge in [-0.1, -0.05) is 68.1 Å². The van der Waals surface area contributed by atoms with Crippen LogP contribution in [0.25, 0.3) is 0 Å². The highest BCUT2D eigenvalue weighted by molar-refractivity contribution is 8.15. The third-order valence-electron chi connectivity index (χ3n) is 8.27. The SMILES string of the molecule is CCc1ccc(NC(=O)C(CC)SC2=Nc3ccccc3C3=NC(=O)C(CC(=O)N4CCN(c5ccccc5)CC4)N23)cc1. The molecule has 3 amide bonds. The number of amidine groups is 2. The van der Waals surface area contributed by atoms with Gasteiger partial charge < -0.3 is 15.1 Å². The molecule has 3 heterocycles. The van der Waals surface area contributed by atoms with Crippen molar-refractivity contribution in [2.75, 3.05) is 36.4 Å². The zero-order valence-electron chi connectivity index (χ0n) is 25.0. The number of anilines is 2. The first-order chi connectivity index (χ1) is 21.4. The zero-order chi connectivity index (χ0) is 30.6. The number of carbonyl (C=O) groups is 3. The molecule has 3 aromatic rings. The summed E-state index contributed by atoms with van der Waals surface area (Å²) in [6, 6.07) is 24.7. The molecule has 0 spiro atoms. The number of nitrogens with zero attached hydrogens (tertiary/aromatic N) is 5. The van der Waals surface area contributed by atoms with E-state index in [0.717, 1.165) is 36.4 Å². The van der Waals surface area contributed by atoms with Crippen molar-refractivity contribution >= 4 is 57.5 Å². The summed E-state index contributed by atoms with van der Waals surface area (Å²) >= 11 is 1.31. The monoisotopic (exact) mass is 608 g/mol. The highest BCUT2D eigenvalue weighted by Gasteiger charge is 2.44. The molecule has 1 N–H and O–H groups in total. The number of hydrogen-bond acceptors (Lipinski definition) is 7. The second-order valence-electron chi connectivity index (χ2n) is 11.0. The predicted molar refractivity (Wildman–Crippen MR) is 177 cm³/mol. The third kappa shape index (κ3) is 6.12. The normalized spacial score (nSPS) is 18.3. The fourth-order valence-electron chi connectivity index (χ4n) is 5.73. The average molecular weight is 609 g/mol. The highest BCUT2D eigenvalue weighted by atomic mass is 32.2. The quantitative estimate of drug-likeness (QED) is 0.383. The van der Waals surface area contributed by atoms with Gasteiger partial charge in [-0.3, -0.25) is 19.3 Å². The number of benzene rings is 3. The van der Waals surface area contributed by atoms with Crippen LogP contribution in [0.1, 0.15) is 37.8 Å². The third-order valence-corrected chi connectivity index (χ3v) is 9.60. The summed E-state index contributed by atoms with van der Waals surface area (Å²) in [5.41, 5.74) is 4.50. The lowest BCUT2D eigenvalue weighted by molar-refractivity contribution is -0.134. The van der Waals surface area contributed by atoms with Gasteiger partial charge in [-0.05, 0) is 54.8 Å². The van der Waals surface area contributed by atoms with Gasteiger partial charge in [-0.25, -0.2) is 4.99 Å². The molecule has 1 saturated heterocycles. The fourth-order valence-corrected chi connectivity index (χ4v) is 6.79. The van der Waals surface area contributed by atoms with Crippen molar-refractivity contribution in [3.63, 3.8) is 0 Å². The van der Waals surface area contributed by atoms with E-state index in [1.54, 1.807) is 4.90 Å². The molecule has 6 rings (SSSR count). The van der Waals surface area contributed by atoms with Crippen molar-refractivity contribution < 1.29 is 14.4 Å². The molecule has 226 valence electrons. The van der Waals surface area contributed by atoms with Crippen LogP contribution in [0.3, 0.4) is 0 Å². The van der Waals surface area contributed by atoms with Gasteiger partial charge in [0.05, 0.1) is 17.4 Å². The lowest BCUT2D eigenvalue weighted by atomic mass is 10.1. The van der Waals surface area contributed by atoms with Crippen LogP contribution < -0.4 is 10.2 Å². The number of hydrogen-bond donors (Lipinski definition) is 1. The van der Waals surface area contributed by atoms with E-state index in [4.69, 9.17) is 4.99 Å². The van der Waals surface area contributed by atoms with Crippen LogP contribution >= 0.6 is 11.8 Å². The van der Waals surface area contributed by atoms with Gasteiger partial charge in [0.2, 0.25) is 11.8 Å². The first-order valence-electron chi connectivity index (χ1n) is 15.2. The summed E-state index contributed by atoms with van der Waals surface area (Å²) in [6.45, 7) is 6.66. The van der Waals surface area contributed by atoms with Crippen molar-refractivity contribution in [3.8, 4) is 0 Å². The van der Waals surface area contributed by atoms with E-state index in [1.165, 1.54) is 17.3 Å². The molecule has 0 radical (unpaired) electrons. The Morgan fingerprint density at radius 1 is 0.909 bits per heavy atom. The van der Waals surface area contributed by atoms with Crippen LogP contribution in [-0.2, 0) is 20.8 Å². The van der Waals surface area contributed by atoms with Gasteiger partial charge in [0, 0.05) is 43.1 Å². The number of thioether (sulfide) groups is 1. The lowest BCUT2D eigenvalue weighted by Crippen LogP contribution is -2.51. The molecule has 3 aromatic carbocycles. The first kappa shape index (κ1) is 29.6. The van der Waals surface area contributed by atoms with Crippen LogP contribution in [0.15, 0.2) is 88.8 Å². The van der Waals surface area contributed by atoms with Crippen LogP contribution in [0.5, 0.6) is 0 Å². The van der Waals surface area contributed by atoms with Crippen LogP contribution in [0.4, 0.5) is 17.1 Å². The molecule has 2 atom stereocenters. The molecule has 3 aliphatic rings. The number of carbonyl (C=O) groups excluding carboxylic acids is 3. The smallest absolute Gasteiger partial charge is 0.271 e. The van der Waals surface area contributed by atoms with E-state index in [-0.39, 0.29) is 24.1 Å². The van der Waals surface area contributed by atoms with Gasteiger partial charge in [0.25, 0.3) is 5.91 Å². The summed E-state index contributed by atoms with van der Waals surface area (Å²) in [5.74, 6) is -0.109. The molecule has 0 aromatic heterocycles. The molecule has 10 heteroatoms. The number of rotatable bonds is 8. The van der Waals surface area contributed by atoms with Crippen LogP contribution in [-0.4, -0.2) is 76.0 Å². The molecular weight excluding hydrogens is 572 g/mol. The summed E-state index contributed by atoms with van der Waals surface area (Å²) in [4.78, 5) is 55.6. The van der Waals surface area contributed by atoms with E-state index in [2.05, 4.69) is 34.3 Å². The summed E-state index contributed by atoms with van der Waals surface area (Å²) in [6.07, 6.45) is 1.47. The number of aliphatic imine (C=N–C) groups is 2. The Balaban J connectivity index is 1.19. The molecular formula is C34H36N6O3S. The molecule has 0 saturated carbocycles. The Hall–Kier alpha value is -4.44. The van der Waals surface area contributed by atoms with Crippen molar-refractivity contribution in [3.05, 3.63) is 90.0 Å². The predicted octanol–water partition coefficient (Wildman–Crippen LogP) is 5.10. The second kappa shape index (κ2) is 13.1. The molecule has 9 nitrogen and oxygen atoms in total. The van der Waals surface area contributed by atoms with Gasteiger partial charge in [-0.2, -0.15) is 4.99 Å². The minimum atomic E-state index is -0.814. The Bertz CT molecular complexity index is 1600. The number of fused-ring (bicyclic) bond motifs is 3. The minimum Gasteiger partial charge on any atom is -0.368 e. The largest absolute Gasteiger partial charge is 0.368 e. The van der Waals surface area contributed by atoms with E-state index in [1.807, 2.05) is 78.6 Å². The van der Waals surface area contributed by atoms with Crippen molar-refractivity contribution in [1.29, 1.82) is 0 Å². The fraction of sp³-hybridized carbons (Fsp3) is 0.324. The molecule has 3 aliphatic heterocycles. The Morgan fingerprint density at radius 3 is 2.32 bits per heavy atom. The van der Waals surface area contributed by atoms with Gasteiger partial charge >= 0.3 is 0 Å². The zero-order valence-corrected chi connectivity index (χ0v) is 25.8. The summed E-state index contributed by atoms with van der Waals surface area (Å²) < 4.78 is 0. The Labute approximate surface area is 262 Å². The molecule has 1 fully saturated rings. The van der Waals surface area contributed by atoms with E-state index >= 15 is 0 Å². The molecule has 0 bridgehead atoms. The first-order valence-corrected chi connectivity index (χ1v) is 16.1. The Kier molecular flexibility index (Phi) is 8.79. The van der Waals surface area contributed by atoms with Crippen LogP contribution in [0.2, 0.25) is 0 Å². The van der Waals surface area contributed by atoms with Crippen molar-refractivity contribution in [2.24, 2.45) is 9.98 Å². The maximum atomic E-state index is 13.6. The number of nitrogens with one attached hydrogen (secondary N) is 1. The van der Waals surface area contributed by atoms with Crippen molar-refractivity contribution in [1.82, 2.24) is 9.80 Å². The van der Waals surface area contributed by atoms with Gasteiger partial charge in [0.15, 0.2) is 5.17 Å². The second-order valence-corrected chi connectivity index (χ2v) is 12.2. The number of amides is 3. The van der Waals surface area contributed by atoms with Gasteiger partial charge in [0.1, 0.15) is 11.9 Å².